The van der Waals surface area contributed by atoms with Crippen LogP contribution in [0.15, 0.2) is 130 Å². The summed E-state index contributed by atoms with van der Waals surface area (Å²) in [6.07, 6.45) is 2.17. The quantitative estimate of drug-likeness (QED) is 0.295. The number of nitriles is 1. The molecule has 0 fully saturated rings. The van der Waals surface area contributed by atoms with E-state index >= 15 is 0 Å². The molecule has 5 rings (SSSR count). The SMILES string of the molecule is N#C/C(=C\c1ccc(N2N=C(c3ccccc3)C[C@@H]2c2ccccc2)cc1)S(=O)(=O)c1ccccc1. The second-order valence-electron chi connectivity index (χ2n) is 8.42. The lowest BCUT2D eigenvalue weighted by molar-refractivity contribution is 0.603. The molecule has 1 heterocycles. The van der Waals surface area contributed by atoms with Gasteiger partial charge in [0.15, 0.2) is 0 Å². The van der Waals surface area contributed by atoms with Crippen molar-refractivity contribution in [1.29, 1.82) is 5.26 Å². The number of hydrogen-bond acceptors (Lipinski definition) is 5. The molecule has 0 aromatic heterocycles. The van der Waals surface area contributed by atoms with Gasteiger partial charge in [-0.1, -0.05) is 91.0 Å². The maximum Gasteiger partial charge on any atom is 0.216 e. The number of allylic oxidation sites excluding steroid dienone is 1. The summed E-state index contributed by atoms with van der Waals surface area (Å²) < 4.78 is 25.8. The zero-order valence-corrected chi connectivity index (χ0v) is 20.2. The Kier molecular flexibility index (Phi) is 6.48. The van der Waals surface area contributed by atoms with Crippen LogP contribution in [0.1, 0.15) is 29.2 Å². The number of rotatable bonds is 6. The molecular weight excluding hydrogens is 466 g/mol. The van der Waals surface area contributed by atoms with Gasteiger partial charge in [0.25, 0.3) is 0 Å². The Morgan fingerprint density at radius 1 is 0.833 bits per heavy atom. The van der Waals surface area contributed by atoms with Gasteiger partial charge < -0.3 is 0 Å². The zero-order valence-electron chi connectivity index (χ0n) is 19.4. The second-order valence-corrected chi connectivity index (χ2v) is 10.3. The van der Waals surface area contributed by atoms with Crippen LogP contribution in [0.25, 0.3) is 6.08 Å². The van der Waals surface area contributed by atoms with Gasteiger partial charge in [0.05, 0.1) is 22.3 Å². The number of benzene rings is 4. The fourth-order valence-corrected chi connectivity index (χ4v) is 5.44. The van der Waals surface area contributed by atoms with Crippen LogP contribution in [-0.2, 0) is 9.84 Å². The maximum absolute atomic E-state index is 12.9. The highest BCUT2D eigenvalue weighted by Gasteiger charge is 2.29. The Morgan fingerprint density at radius 3 is 2.03 bits per heavy atom. The average molecular weight is 490 g/mol. The first-order valence-electron chi connectivity index (χ1n) is 11.6. The lowest BCUT2D eigenvalue weighted by Crippen LogP contribution is -2.18. The highest BCUT2D eigenvalue weighted by molar-refractivity contribution is 7.95. The number of hydrogen-bond donors (Lipinski definition) is 0. The Labute approximate surface area is 211 Å². The van der Waals surface area contributed by atoms with Gasteiger partial charge in [0, 0.05) is 6.42 Å². The van der Waals surface area contributed by atoms with E-state index in [9.17, 15) is 13.7 Å². The van der Waals surface area contributed by atoms with E-state index < -0.39 is 9.84 Å². The van der Waals surface area contributed by atoms with E-state index in [4.69, 9.17) is 5.10 Å². The average Bonchev–Trinajstić information content (AvgIpc) is 3.39. The molecule has 0 amide bonds. The number of hydrazone groups is 1. The van der Waals surface area contributed by atoms with Crippen molar-refractivity contribution < 1.29 is 8.42 Å². The Balaban J connectivity index is 1.48. The molecule has 0 saturated heterocycles. The van der Waals surface area contributed by atoms with Crippen LogP contribution in [0.5, 0.6) is 0 Å². The van der Waals surface area contributed by atoms with Gasteiger partial charge >= 0.3 is 0 Å². The van der Waals surface area contributed by atoms with Gasteiger partial charge in [-0.15, -0.1) is 0 Å². The van der Waals surface area contributed by atoms with E-state index in [1.807, 2.05) is 71.7 Å². The van der Waals surface area contributed by atoms with Crippen molar-refractivity contribution in [3.05, 3.63) is 137 Å². The minimum absolute atomic E-state index is 0.0379. The molecule has 1 aliphatic heterocycles. The number of nitrogens with zero attached hydrogens (tertiary/aromatic N) is 3. The third kappa shape index (κ3) is 4.70. The molecule has 1 atom stereocenters. The summed E-state index contributed by atoms with van der Waals surface area (Å²) in [4.78, 5) is -0.200. The predicted molar refractivity (Wildman–Crippen MR) is 143 cm³/mol. The molecule has 0 radical (unpaired) electrons. The second kappa shape index (κ2) is 10.0. The van der Waals surface area contributed by atoms with Crippen molar-refractivity contribution in [2.45, 2.75) is 17.4 Å². The van der Waals surface area contributed by atoms with E-state index in [2.05, 4.69) is 24.3 Å². The van der Waals surface area contributed by atoms with Crippen LogP contribution in [0.3, 0.4) is 0 Å². The zero-order chi connectivity index (χ0) is 25.0. The predicted octanol–water partition coefficient (Wildman–Crippen LogP) is 6.38. The molecule has 0 spiro atoms. The molecule has 0 unspecified atom stereocenters. The maximum atomic E-state index is 12.9. The van der Waals surface area contributed by atoms with Crippen molar-refractivity contribution in [1.82, 2.24) is 0 Å². The third-order valence-corrected chi connectivity index (χ3v) is 7.79. The largest absolute Gasteiger partial charge is 0.257 e. The molecule has 176 valence electrons. The van der Waals surface area contributed by atoms with Crippen LogP contribution < -0.4 is 5.01 Å². The molecule has 0 saturated carbocycles. The first-order chi connectivity index (χ1) is 17.6. The van der Waals surface area contributed by atoms with E-state index in [-0.39, 0.29) is 15.8 Å². The van der Waals surface area contributed by atoms with Crippen LogP contribution in [-0.4, -0.2) is 14.1 Å². The monoisotopic (exact) mass is 489 g/mol. The summed E-state index contributed by atoms with van der Waals surface area (Å²) in [6, 6.07) is 37.7. The minimum Gasteiger partial charge on any atom is -0.257 e. The molecule has 5 nitrogen and oxygen atoms in total. The van der Waals surface area contributed by atoms with Crippen molar-refractivity contribution in [3.8, 4) is 6.07 Å². The Morgan fingerprint density at radius 2 is 1.42 bits per heavy atom. The fourth-order valence-electron chi connectivity index (χ4n) is 4.26. The van der Waals surface area contributed by atoms with Gasteiger partial charge in [0.1, 0.15) is 11.0 Å². The van der Waals surface area contributed by atoms with Gasteiger partial charge in [-0.3, -0.25) is 5.01 Å². The van der Waals surface area contributed by atoms with Crippen molar-refractivity contribution in [3.63, 3.8) is 0 Å². The molecule has 1 aliphatic rings. The van der Waals surface area contributed by atoms with Crippen LogP contribution >= 0.6 is 0 Å². The molecule has 0 aliphatic carbocycles. The number of sulfone groups is 1. The molecular formula is C30H23N3O2S. The molecule has 4 aromatic carbocycles. The molecule has 6 heteroatoms. The molecule has 0 bridgehead atoms. The lowest BCUT2D eigenvalue weighted by atomic mass is 9.98. The Bertz CT molecular complexity index is 1560. The van der Waals surface area contributed by atoms with Gasteiger partial charge in [-0.05, 0) is 47.0 Å². The summed E-state index contributed by atoms with van der Waals surface area (Å²) >= 11 is 0. The van der Waals surface area contributed by atoms with Gasteiger partial charge in [-0.25, -0.2) is 8.42 Å². The van der Waals surface area contributed by atoms with Crippen LogP contribution in [0.2, 0.25) is 0 Å². The summed E-state index contributed by atoms with van der Waals surface area (Å²) in [7, 11) is -3.89. The summed E-state index contributed by atoms with van der Waals surface area (Å²) in [6.45, 7) is 0. The summed E-state index contributed by atoms with van der Waals surface area (Å²) in [5, 5.41) is 16.6. The topological polar surface area (TPSA) is 73.5 Å². The van der Waals surface area contributed by atoms with E-state index in [0.29, 0.717) is 5.56 Å². The first-order valence-corrected chi connectivity index (χ1v) is 13.0. The minimum atomic E-state index is -3.89. The van der Waals surface area contributed by atoms with Crippen molar-refractivity contribution >= 4 is 27.3 Å². The third-order valence-electron chi connectivity index (χ3n) is 6.11. The van der Waals surface area contributed by atoms with E-state index in [1.165, 1.54) is 18.2 Å². The highest BCUT2D eigenvalue weighted by Crippen LogP contribution is 2.37. The van der Waals surface area contributed by atoms with Crippen LogP contribution in [0.4, 0.5) is 5.69 Å². The lowest BCUT2D eigenvalue weighted by Gasteiger charge is -2.24. The van der Waals surface area contributed by atoms with Crippen molar-refractivity contribution in [2.75, 3.05) is 5.01 Å². The highest BCUT2D eigenvalue weighted by atomic mass is 32.2. The molecule has 36 heavy (non-hydrogen) atoms. The smallest absolute Gasteiger partial charge is 0.216 e. The summed E-state index contributed by atoms with van der Waals surface area (Å²) in [5.41, 5.74) is 4.77. The fraction of sp³-hybridized carbons (Fsp3) is 0.0667. The standard InChI is InChI=1S/C30H23N3O2S/c31-22-28(36(34,35)27-14-8-3-9-15-27)20-23-16-18-26(19-17-23)33-30(25-12-6-2-7-13-25)21-29(32-33)24-10-4-1-5-11-24/h1-20,30H,21H2/b28-20+/t30-/m1/s1. The first kappa shape index (κ1) is 23.3. The van der Waals surface area contributed by atoms with E-state index in [0.717, 1.165) is 28.9 Å². The summed E-state index contributed by atoms with van der Waals surface area (Å²) in [5.74, 6) is 0. The van der Waals surface area contributed by atoms with E-state index in [1.54, 1.807) is 18.2 Å². The molecule has 0 N–H and O–H groups in total. The Hall–Kier alpha value is -4.47. The van der Waals surface area contributed by atoms with Crippen LogP contribution in [0, 0.1) is 11.3 Å². The number of anilines is 1. The van der Waals surface area contributed by atoms with Gasteiger partial charge in [-0.2, -0.15) is 10.4 Å². The normalized spacial score (nSPS) is 15.9. The van der Waals surface area contributed by atoms with Gasteiger partial charge in [0.2, 0.25) is 9.84 Å². The van der Waals surface area contributed by atoms with Crippen molar-refractivity contribution in [2.24, 2.45) is 5.10 Å². The molecule has 4 aromatic rings.